The minimum absolute atomic E-state index is 0.0774. The summed E-state index contributed by atoms with van der Waals surface area (Å²) in [5.74, 6) is 0. The van der Waals surface area contributed by atoms with Crippen LogP contribution in [0, 0.1) is 0 Å². The minimum Gasteiger partial charge on any atom is -0.355 e. The third-order valence-corrected chi connectivity index (χ3v) is 8.43. The maximum atomic E-state index is 5.26. The van der Waals surface area contributed by atoms with Gasteiger partial charge < -0.3 is 9.97 Å². The maximum absolute atomic E-state index is 5.26. The first-order chi connectivity index (χ1) is 19.8. The molecule has 188 valence electrons. The molecule has 4 nitrogen and oxygen atoms in total. The molecule has 4 heteroatoms. The number of H-pyrrole nitrogens is 2. The largest absolute Gasteiger partial charge is 0.355 e. The first kappa shape index (κ1) is 21.7. The Balaban J connectivity index is 1.43. The average Bonchev–Trinajstić information content (AvgIpc) is 3.73. The topological polar surface area (TPSA) is 56.3 Å². The van der Waals surface area contributed by atoms with Gasteiger partial charge >= 0.3 is 0 Å². The number of aromatic amines is 2. The first-order valence-corrected chi connectivity index (χ1v) is 13.7. The van der Waals surface area contributed by atoms with Crippen LogP contribution in [0.2, 0.25) is 0 Å². The molecule has 3 aliphatic heterocycles. The molecule has 2 atom stereocenters. The summed E-state index contributed by atoms with van der Waals surface area (Å²) in [5, 5.41) is 9.06. The number of benzene rings is 4. The Kier molecular flexibility index (Phi) is 4.41. The number of hydrogen-bond acceptors (Lipinski definition) is 2. The van der Waals surface area contributed by atoms with E-state index in [9.17, 15) is 0 Å². The number of aromatic nitrogens is 2. The zero-order valence-corrected chi connectivity index (χ0v) is 21.6. The van der Waals surface area contributed by atoms with Gasteiger partial charge in [-0.2, -0.15) is 0 Å². The Hall–Kier alpha value is -5.22. The van der Waals surface area contributed by atoms with Crippen molar-refractivity contribution < 1.29 is 0 Å². The lowest BCUT2D eigenvalue weighted by Crippen LogP contribution is -2.13. The van der Waals surface area contributed by atoms with E-state index >= 15 is 0 Å². The Bertz CT molecular complexity index is 2180. The summed E-state index contributed by atoms with van der Waals surface area (Å²) < 4.78 is 0. The summed E-state index contributed by atoms with van der Waals surface area (Å²) in [7, 11) is 0. The average molecular weight is 513 g/mol. The van der Waals surface area contributed by atoms with Crippen LogP contribution in [0.15, 0.2) is 107 Å². The molecule has 8 bridgehead atoms. The Morgan fingerprint density at radius 3 is 1.25 bits per heavy atom. The quantitative estimate of drug-likeness (QED) is 0.300. The van der Waals surface area contributed by atoms with E-state index in [1.165, 1.54) is 43.8 Å². The number of fused-ring (bicyclic) bond motifs is 18. The summed E-state index contributed by atoms with van der Waals surface area (Å²) in [5.41, 5.74) is 6.80. The number of nitrogens with zero attached hydrogens (tertiary/aromatic N) is 2. The van der Waals surface area contributed by atoms with Crippen molar-refractivity contribution in [1.82, 2.24) is 9.97 Å². The van der Waals surface area contributed by atoms with E-state index in [0.29, 0.717) is 0 Å². The molecule has 2 N–H and O–H groups in total. The highest BCUT2D eigenvalue weighted by Gasteiger charge is 2.24. The second kappa shape index (κ2) is 8.14. The number of aliphatic imine (C=N–C) groups is 2. The molecule has 0 saturated heterocycles. The van der Waals surface area contributed by atoms with E-state index in [-0.39, 0.29) is 12.1 Å². The van der Waals surface area contributed by atoms with Gasteiger partial charge in [0.05, 0.1) is 23.5 Å². The van der Waals surface area contributed by atoms with E-state index in [1.54, 1.807) is 0 Å². The van der Waals surface area contributed by atoms with Gasteiger partial charge in [0.1, 0.15) is 0 Å². The lowest BCUT2D eigenvalue weighted by Gasteiger charge is -2.03. The standard InChI is InChI=1S/C36H24N4/c1-2-10-22-21(9-1)29-17-31-23-11-3-4-12-24(23)33(38-31)19-35-27-15-7-8-16-28(27)36(40-35)20-34-26-14-6-5-13-25(26)32(39-34)18-30(22)37-29/h1-20,29,36,38-39H/b31-17-,32-18-,33-19?,34-20-. The highest BCUT2D eigenvalue weighted by atomic mass is 14.9. The van der Waals surface area contributed by atoms with Crippen molar-refractivity contribution in [3.8, 4) is 0 Å². The fourth-order valence-corrected chi connectivity index (χ4v) is 6.58. The van der Waals surface area contributed by atoms with E-state index in [1.807, 2.05) is 0 Å². The van der Waals surface area contributed by atoms with Gasteiger partial charge in [-0.05, 0) is 35.4 Å². The molecular weight excluding hydrogens is 488 g/mol. The predicted molar refractivity (Wildman–Crippen MR) is 164 cm³/mol. The van der Waals surface area contributed by atoms with Crippen molar-refractivity contribution in [3.05, 3.63) is 141 Å². The highest BCUT2D eigenvalue weighted by molar-refractivity contribution is 6.24. The summed E-state index contributed by atoms with van der Waals surface area (Å²) in [6.45, 7) is 0. The van der Waals surface area contributed by atoms with Crippen LogP contribution in [0.25, 0.3) is 45.8 Å². The second-order valence-electron chi connectivity index (χ2n) is 10.7. The van der Waals surface area contributed by atoms with E-state index in [0.717, 1.165) is 32.8 Å². The molecule has 5 heterocycles. The maximum Gasteiger partial charge on any atom is 0.0967 e. The van der Waals surface area contributed by atoms with Crippen LogP contribution < -0.4 is 21.4 Å². The number of rotatable bonds is 0. The summed E-state index contributed by atoms with van der Waals surface area (Å²) >= 11 is 0. The predicted octanol–water partition coefficient (Wildman–Crippen LogP) is 4.57. The van der Waals surface area contributed by atoms with Gasteiger partial charge in [0.2, 0.25) is 0 Å². The lowest BCUT2D eigenvalue weighted by molar-refractivity contribution is 0.983. The number of nitrogens with one attached hydrogen (secondary N) is 2. The SMILES string of the molecule is C1=c2[nH]/c(c3ccccc23)=C\C2N=C(/C=c3\[nH]/c(c4ccccc34)=C\C3N=C1c1ccccc13)c1ccccc12. The number of hydrogen-bond donors (Lipinski definition) is 2. The molecule has 2 unspecified atom stereocenters. The van der Waals surface area contributed by atoms with Crippen molar-refractivity contribution in [3.63, 3.8) is 0 Å². The molecule has 0 fully saturated rings. The van der Waals surface area contributed by atoms with Gasteiger partial charge in [0.15, 0.2) is 0 Å². The molecule has 2 aromatic heterocycles. The van der Waals surface area contributed by atoms with Gasteiger partial charge in [-0.3, -0.25) is 9.98 Å². The molecule has 0 radical (unpaired) electrons. The van der Waals surface area contributed by atoms with Crippen LogP contribution in [-0.2, 0) is 0 Å². The highest BCUT2D eigenvalue weighted by Crippen LogP contribution is 2.33. The Morgan fingerprint density at radius 1 is 0.425 bits per heavy atom. The Labute approximate surface area is 229 Å². The second-order valence-corrected chi connectivity index (χ2v) is 10.7. The minimum atomic E-state index is -0.0774. The van der Waals surface area contributed by atoms with E-state index in [2.05, 4.69) is 131 Å². The molecule has 0 saturated carbocycles. The molecule has 40 heavy (non-hydrogen) atoms. The monoisotopic (exact) mass is 512 g/mol. The van der Waals surface area contributed by atoms with Gasteiger partial charge in [-0.1, -0.05) is 97.1 Å². The summed E-state index contributed by atoms with van der Waals surface area (Å²) in [4.78, 5) is 18.0. The van der Waals surface area contributed by atoms with Crippen LogP contribution in [0.5, 0.6) is 0 Å². The zero-order valence-electron chi connectivity index (χ0n) is 21.6. The van der Waals surface area contributed by atoms with Gasteiger partial charge in [-0.15, -0.1) is 0 Å². The third kappa shape index (κ3) is 3.13. The molecule has 4 aromatic carbocycles. The Morgan fingerprint density at radius 2 is 0.800 bits per heavy atom. The molecular formula is C36H24N4. The van der Waals surface area contributed by atoms with E-state index < -0.39 is 0 Å². The van der Waals surface area contributed by atoms with Crippen LogP contribution in [0.1, 0.15) is 34.3 Å². The van der Waals surface area contributed by atoms with Crippen LogP contribution in [0.4, 0.5) is 0 Å². The van der Waals surface area contributed by atoms with Gasteiger partial charge in [0.25, 0.3) is 0 Å². The fourth-order valence-electron chi connectivity index (χ4n) is 6.58. The molecule has 0 spiro atoms. The van der Waals surface area contributed by atoms with Crippen molar-refractivity contribution in [2.24, 2.45) is 9.98 Å². The fraction of sp³-hybridized carbons (Fsp3) is 0.0556. The van der Waals surface area contributed by atoms with Crippen molar-refractivity contribution in [2.45, 2.75) is 12.1 Å². The smallest absolute Gasteiger partial charge is 0.0967 e. The zero-order chi connectivity index (χ0) is 26.2. The van der Waals surface area contributed by atoms with E-state index in [4.69, 9.17) is 9.98 Å². The van der Waals surface area contributed by atoms with Gasteiger partial charge in [-0.25, -0.2) is 0 Å². The van der Waals surface area contributed by atoms with Gasteiger partial charge in [0, 0.05) is 54.1 Å². The van der Waals surface area contributed by atoms with Crippen LogP contribution in [-0.4, -0.2) is 21.4 Å². The van der Waals surface area contributed by atoms with Crippen molar-refractivity contribution in [1.29, 1.82) is 0 Å². The summed E-state index contributed by atoms with van der Waals surface area (Å²) in [6, 6.07) is 34.2. The van der Waals surface area contributed by atoms with Crippen molar-refractivity contribution in [2.75, 3.05) is 0 Å². The molecule has 3 aliphatic rings. The molecule has 6 aromatic rings. The van der Waals surface area contributed by atoms with Crippen molar-refractivity contribution >= 4 is 57.3 Å². The molecule has 0 amide bonds. The molecule has 9 rings (SSSR count). The molecule has 0 aliphatic carbocycles. The van der Waals surface area contributed by atoms with Crippen LogP contribution in [0.3, 0.4) is 0 Å². The lowest BCUT2D eigenvalue weighted by atomic mass is 10.00. The van der Waals surface area contributed by atoms with Crippen LogP contribution >= 0.6 is 0 Å². The summed E-state index contributed by atoms with van der Waals surface area (Å²) in [6.07, 6.45) is 8.96. The normalized spacial score (nSPS) is 21.1. The third-order valence-electron chi connectivity index (χ3n) is 8.43. The first-order valence-electron chi connectivity index (χ1n) is 13.7.